The van der Waals surface area contributed by atoms with Crippen LogP contribution in [0, 0.1) is 0 Å². The number of methoxy groups -OCH3 is 3. The van der Waals surface area contributed by atoms with Crippen molar-refractivity contribution in [2.75, 3.05) is 28.1 Å². The van der Waals surface area contributed by atoms with E-state index in [1.165, 1.54) is 0 Å². The summed E-state index contributed by atoms with van der Waals surface area (Å²) in [5.74, 6) is 3.79. The summed E-state index contributed by atoms with van der Waals surface area (Å²) < 4.78 is 34.2. The van der Waals surface area contributed by atoms with Gasteiger partial charge in [-0.2, -0.15) is 0 Å². The van der Waals surface area contributed by atoms with E-state index in [1.807, 2.05) is 36.4 Å². The first-order chi connectivity index (χ1) is 14.6. The third-order valence-corrected chi connectivity index (χ3v) is 10.2. The molecule has 1 aliphatic heterocycles. The molecule has 1 aliphatic rings. The summed E-state index contributed by atoms with van der Waals surface area (Å²) in [5.41, 5.74) is 1.81. The zero-order valence-electron chi connectivity index (χ0n) is 19.6. The van der Waals surface area contributed by atoms with E-state index in [4.69, 9.17) is 28.1 Å². The standard InChI is InChI=1S/C24H32O6Si/c1-24(2,3)31(7,8)30-19-13-16(10-12-18(19)25-4)9-11-17-14-20-22(29-15-28-20)23(27-6)21(17)26-5/h9-14H,15H2,1-8H3/b11-9+. The molecule has 1 heterocycles. The van der Waals surface area contributed by atoms with Crippen molar-refractivity contribution in [1.82, 2.24) is 0 Å². The molecule has 0 bridgehead atoms. The Hall–Kier alpha value is -2.80. The molecule has 31 heavy (non-hydrogen) atoms. The average molecular weight is 445 g/mol. The Bertz CT molecular complexity index is 975. The molecule has 168 valence electrons. The van der Waals surface area contributed by atoms with Gasteiger partial charge in [-0.3, -0.25) is 0 Å². The molecule has 0 aliphatic carbocycles. The fourth-order valence-electron chi connectivity index (χ4n) is 3.02. The minimum Gasteiger partial charge on any atom is -0.541 e. The van der Waals surface area contributed by atoms with E-state index in [-0.39, 0.29) is 11.8 Å². The molecule has 0 atom stereocenters. The van der Waals surface area contributed by atoms with Crippen LogP contribution in [0.3, 0.4) is 0 Å². The van der Waals surface area contributed by atoms with Crippen molar-refractivity contribution in [3.05, 3.63) is 35.4 Å². The fourth-order valence-corrected chi connectivity index (χ4v) is 4.04. The smallest absolute Gasteiger partial charge is 0.250 e. The number of ether oxygens (including phenoxy) is 5. The first-order valence-electron chi connectivity index (χ1n) is 10.2. The molecule has 6 nitrogen and oxygen atoms in total. The van der Waals surface area contributed by atoms with Crippen LogP contribution in [-0.2, 0) is 0 Å². The van der Waals surface area contributed by atoms with Gasteiger partial charge in [-0.25, -0.2) is 0 Å². The van der Waals surface area contributed by atoms with Crippen molar-refractivity contribution in [2.45, 2.75) is 38.9 Å². The monoisotopic (exact) mass is 444 g/mol. The summed E-state index contributed by atoms with van der Waals surface area (Å²) in [4.78, 5) is 0. The van der Waals surface area contributed by atoms with Crippen LogP contribution in [0.1, 0.15) is 31.9 Å². The molecule has 0 spiro atoms. The molecule has 0 radical (unpaired) electrons. The van der Waals surface area contributed by atoms with Crippen LogP contribution < -0.4 is 28.1 Å². The lowest BCUT2D eigenvalue weighted by molar-refractivity contribution is 0.170. The van der Waals surface area contributed by atoms with E-state index in [0.717, 1.165) is 22.6 Å². The zero-order chi connectivity index (χ0) is 22.8. The Labute approximate surface area is 185 Å². The predicted octanol–water partition coefficient (Wildman–Crippen LogP) is 6.00. The molecular formula is C24H32O6Si. The van der Waals surface area contributed by atoms with E-state index in [9.17, 15) is 0 Å². The Morgan fingerprint density at radius 2 is 1.58 bits per heavy atom. The second kappa shape index (κ2) is 8.75. The molecular weight excluding hydrogens is 412 g/mol. The molecule has 0 aromatic heterocycles. The number of rotatable bonds is 7. The molecule has 0 saturated heterocycles. The lowest BCUT2D eigenvalue weighted by Crippen LogP contribution is -2.43. The number of hydrogen-bond donors (Lipinski definition) is 0. The molecule has 2 aromatic rings. The molecule has 0 unspecified atom stereocenters. The second-order valence-corrected chi connectivity index (χ2v) is 13.6. The molecule has 7 heteroatoms. The van der Waals surface area contributed by atoms with Crippen molar-refractivity contribution in [1.29, 1.82) is 0 Å². The summed E-state index contributed by atoms with van der Waals surface area (Å²) in [6, 6.07) is 7.81. The summed E-state index contributed by atoms with van der Waals surface area (Å²) in [7, 11) is 2.84. The van der Waals surface area contributed by atoms with E-state index in [1.54, 1.807) is 21.3 Å². The summed E-state index contributed by atoms with van der Waals surface area (Å²) in [6.07, 6.45) is 3.96. The normalized spacial score (nSPS) is 13.4. The van der Waals surface area contributed by atoms with Gasteiger partial charge in [0.05, 0.1) is 21.3 Å². The van der Waals surface area contributed by atoms with Crippen LogP contribution in [0.15, 0.2) is 24.3 Å². The molecule has 3 rings (SSSR count). The van der Waals surface area contributed by atoms with Crippen molar-refractivity contribution in [2.24, 2.45) is 0 Å². The van der Waals surface area contributed by atoms with Crippen molar-refractivity contribution in [3.63, 3.8) is 0 Å². The van der Waals surface area contributed by atoms with Crippen molar-refractivity contribution in [3.8, 4) is 34.5 Å². The van der Waals surface area contributed by atoms with Gasteiger partial charge in [0, 0.05) is 5.56 Å². The number of fused-ring (bicyclic) bond motifs is 1. The van der Waals surface area contributed by atoms with Crippen molar-refractivity contribution >= 4 is 20.5 Å². The van der Waals surface area contributed by atoms with E-state index < -0.39 is 8.32 Å². The van der Waals surface area contributed by atoms with Crippen LogP contribution in [0.2, 0.25) is 18.1 Å². The Balaban J connectivity index is 1.97. The molecule has 0 N–H and O–H groups in total. The SMILES string of the molecule is COc1ccc(/C=C/c2cc3c(c(OC)c2OC)OCO3)cc1O[Si](C)(C)C(C)(C)C. The molecule has 0 amide bonds. The van der Waals surface area contributed by atoms with Gasteiger partial charge in [-0.1, -0.05) is 39.0 Å². The lowest BCUT2D eigenvalue weighted by Gasteiger charge is -2.36. The van der Waals surface area contributed by atoms with E-state index in [0.29, 0.717) is 23.0 Å². The van der Waals surface area contributed by atoms with Gasteiger partial charge in [-0.15, -0.1) is 0 Å². The first kappa shape index (κ1) is 22.9. The van der Waals surface area contributed by atoms with Gasteiger partial charge in [0.2, 0.25) is 18.3 Å². The quantitative estimate of drug-likeness (QED) is 0.386. The summed E-state index contributed by atoms with van der Waals surface area (Å²) in [6.45, 7) is 11.3. The maximum Gasteiger partial charge on any atom is 0.250 e. The number of benzene rings is 2. The summed E-state index contributed by atoms with van der Waals surface area (Å²) in [5, 5.41) is 0.0836. The Morgan fingerprint density at radius 1 is 0.871 bits per heavy atom. The predicted molar refractivity (Wildman–Crippen MR) is 125 cm³/mol. The molecule has 0 fully saturated rings. The van der Waals surface area contributed by atoms with Crippen molar-refractivity contribution < 1.29 is 28.1 Å². The summed E-state index contributed by atoms with van der Waals surface area (Å²) >= 11 is 0. The zero-order valence-corrected chi connectivity index (χ0v) is 20.6. The minimum absolute atomic E-state index is 0.0836. The molecule has 2 aromatic carbocycles. The van der Waals surface area contributed by atoms with E-state index >= 15 is 0 Å². The largest absolute Gasteiger partial charge is 0.541 e. The van der Waals surface area contributed by atoms with Crippen LogP contribution in [0.5, 0.6) is 34.5 Å². The average Bonchev–Trinajstić information content (AvgIpc) is 3.18. The maximum atomic E-state index is 6.52. The van der Waals surface area contributed by atoms with Gasteiger partial charge in [0.15, 0.2) is 17.2 Å². The van der Waals surface area contributed by atoms with Gasteiger partial charge in [0.1, 0.15) is 5.75 Å². The van der Waals surface area contributed by atoms with Gasteiger partial charge in [-0.05, 0) is 41.9 Å². The van der Waals surface area contributed by atoms with Crippen LogP contribution in [-0.4, -0.2) is 36.4 Å². The highest BCUT2D eigenvalue weighted by Gasteiger charge is 2.39. The first-order valence-corrected chi connectivity index (χ1v) is 13.1. The number of hydrogen-bond acceptors (Lipinski definition) is 6. The Morgan fingerprint density at radius 3 is 2.19 bits per heavy atom. The third kappa shape index (κ3) is 4.61. The van der Waals surface area contributed by atoms with Crippen LogP contribution >= 0.6 is 0 Å². The molecule has 0 saturated carbocycles. The lowest BCUT2D eigenvalue weighted by atomic mass is 10.1. The fraction of sp³-hybridized carbons (Fsp3) is 0.417. The second-order valence-electron chi connectivity index (χ2n) is 8.87. The van der Waals surface area contributed by atoms with Gasteiger partial charge < -0.3 is 28.1 Å². The van der Waals surface area contributed by atoms with Crippen LogP contribution in [0.4, 0.5) is 0 Å². The highest BCUT2D eigenvalue weighted by atomic mass is 28.4. The Kier molecular flexibility index (Phi) is 6.45. The third-order valence-electron chi connectivity index (χ3n) is 5.83. The van der Waals surface area contributed by atoms with Gasteiger partial charge in [0.25, 0.3) is 8.32 Å². The van der Waals surface area contributed by atoms with Gasteiger partial charge >= 0.3 is 0 Å². The maximum absolute atomic E-state index is 6.52. The highest BCUT2D eigenvalue weighted by molar-refractivity contribution is 6.74. The van der Waals surface area contributed by atoms with E-state index in [2.05, 4.69) is 33.9 Å². The highest BCUT2D eigenvalue weighted by Crippen LogP contribution is 2.49. The topological polar surface area (TPSA) is 55.4 Å². The minimum atomic E-state index is -2.01. The van der Waals surface area contributed by atoms with Crippen LogP contribution in [0.25, 0.3) is 12.2 Å².